The molecule has 2 N–H and O–H groups in total. The molecule has 1 aliphatic rings. The molecule has 7 heteroatoms. The second kappa shape index (κ2) is 16.8. The average Bonchev–Trinajstić information content (AvgIpc) is 2.65. The molecule has 1 unspecified atom stereocenters. The summed E-state index contributed by atoms with van der Waals surface area (Å²) in [7, 11) is 0. The molecular weight excluding hydrogens is 453 g/mol. The first-order chi connectivity index (χ1) is 12.6. The van der Waals surface area contributed by atoms with Crippen LogP contribution in [-0.2, 0) is 4.74 Å². The highest BCUT2D eigenvalue weighted by atomic mass is 127. The molecular formula is C20H44IN5O. The number of nitrogens with one attached hydrogen (secondary N) is 2. The van der Waals surface area contributed by atoms with Crippen LogP contribution in [0.3, 0.4) is 0 Å². The van der Waals surface area contributed by atoms with E-state index in [0.29, 0.717) is 12.0 Å². The fraction of sp³-hybridized carbons (Fsp3) is 0.950. The summed E-state index contributed by atoms with van der Waals surface area (Å²) in [5.74, 6) is 1.54. The van der Waals surface area contributed by atoms with Gasteiger partial charge in [0, 0.05) is 32.2 Å². The minimum atomic E-state index is 0. The van der Waals surface area contributed by atoms with Gasteiger partial charge in [-0.15, -0.1) is 24.0 Å². The van der Waals surface area contributed by atoms with Crippen LogP contribution >= 0.6 is 24.0 Å². The monoisotopic (exact) mass is 497 g/mol. The van der Waals surface area contributed by atoms with Gasteiger partial charge < -0.3 is 20.3 Å². The smallest absolute Gasteiger partial charge is 0.191 e. The van der Waals surface area contributed by atoms with Crippen molar-refractivity contribution in [2.75, 3.05) is 65.6 Å². The number of rotatable bonds is 12. The van der Waals surface area contributed by atoms with E-state index in [1.165, 1.54) is 19.4 Å². The lowest BCUT2D eigenvalue weighted by Gasteiger charge is -2.36. The minimum absolute atomic E-state index is 0. The summed E-state index contributed by atoms with van der Waals surface area (Å²) in [5.41, 5.74) is 0. The zero-order valence-corrected chi connectivity index (χ0v) is 20.6. The molecule has 0 bridgehead atoms. The van der Waals surface area contributed by atoms with Gasteiger partial charge in [-0.1, -0.05) is 27.7 Å². The Kier molecular flexibility index (Phi) is 16.7. The van der Waals surface area contributed by atoms with Crippen LogP contribution in [0.15, 0.2) is 4.99 Å². The summed E-state index contributed by atoms with van der Waals surface area (Å²) >= 11 is 0. The van der Waals surface area contributed by atoms with Gasteiger partial charge in [0.1, 0.15) is 0 Å². The van der Waals surface area contributed by atoms with Crippen molar-refractivity contribution in [3.8, 4) is 0 Å². The lowest BCUT2D eigenvalue weighted by molar-refractivity contribution is 0.00867. The predicted octanol–water partition coefficient (Wildman–Crippen LogP) is 2.64. The molecule has 0 saturated carbocycles. The van der Waals surface area contributed by atoms with Gasteiger partial charge in [0.15, 0.2) is 5.96 Å². The Morgan fingerprint density at radius 2 is 1.74 bits per heavy atom. The zero-order chi connectivity index (χ0) is 19.2. The molecule has 0 aromatic rings. The highest BCUT2D eigenvalue weighted by Gasteiger charge is 2.23. The van der Waals surface area contributed by atoms with Crippen molar-refractivity contribution in [2.24, 2.45) is 10.9 Å². The van der Waals surface area contributed by atoms with Gasteiger partial charge in [-0.2, -0.15) is 0 Å². The standard InChI is InChI=1S/C20H43N5O.HI/c1-6-21-20(22-11-9-10-12-24(7-2)8-3)23-17-19(18(4)5)25-13-15-26-16-14-25;/h18-19H,6-17H2,1-5H3,(H2,21,22,23);1H. The SMILES string of the molecule is CCNC(=NCC(C(C)C)N1CCOCC1)NCCCCN(CC)CC.I. The molecule has 1 saturated heterocycles. The predicted molar refractivity (Wildman–Crippen MR) is 127 cm³/mol. The summed E-state index contributed by atoms with van der Waals surface area (Å²) in [6.07, 6.45) is 2.41. The third kappa shape index (κ3) is 11.5. The summed E-state index contributed by atoms with van der Waals surface area (Å²) < 4.78 is 5.50. The van der Waals surface area contributed by atoms with Crippen LogP contribution in [0, 0.1) is 5.92 Å². The van der Waals surface area contributed by atoms with E-state index in [2.05, 4.69) is 55.1 Å². The topological polar surface area (TPSA) is 52.1 Å². The highest BCUT2D eigenvalue weighted by Crippen LogP contribution is 2.13. The van der Waals surface area contributed by atoms with Gasteiger partial charge in [0.25, 0.3) is 0 Å². The number of hydrogen-bond acceptors (Lipinski definition) is 4. The van der Waals surface area contributed by atoms with Crippen LogP contribution in [-0.4, -0.2) is 87.4 Å². The van der Waals surface area contributed by atoms with Gasteiger partial charge in [-0.25, -0.2) is 0 Å². The summed E-state index contributed by atoms with van der Waals surface area (Å²) in [4.78, 5) is 9.89. The first kappa shape index (κ1) is 26.9. The molecule has 1 aliphatic heterocycles. The number of aliphatic imine (C=N–C) groups is 1. The fourth-order valence-corrected chi connectivity index (χ4v) is 3.39. The van der Waals surface area contributed by atoms with Crippen molar-refractivity contribution in [1.29, 1.82) is 0 Å². The van der Waals surface area contributed by atoms with E-state index in [0.717, 1.165) is 65.0 Å². The lowest BCUT2D eigenvalue weighted by Crippen LogP contribution is -2.48. The van der Waals surface area contributed by atoms with Crippen LogP contribution in [0.1, 0.15) is 47.5 Å². The molecule has 27 heavy (non-hydrogen) atoms. The molecule has 0 aliphatic carbocycles. The fourth-order valence-electron chi connectivity index (χ4n) is 3.39. The molecule has 1 rings (SSSR count). The first-order valence-electron chi connectivity index (χ1n) is 10.7. The Balaban J connectivity index is 0.00000676. The van der Waals surface area contributed by atoms with Crippen LogP contribution in [0.2, 0.25) is 0 Å². The van der Waals surface area contributed by atoms with Gasteiger partial charge in [0.2, 0.25) is 0 Å². The third-order valence-corrected chi connectivity index (χ3v) is 5.15. The maximum atomic E-state index is 5.50. The molecule has 0 aromatic heterocycles. The van der Waals surface area contributed by atoms with Crippen LogP contribution in [0.4, 0.5) is 0 Å². The molecule has 1 heterocycles. The van der Waals surface area contributed by atoms with E-state index in [-0.39, 0.29) is 24.0 Å². The van der Waals surface area contributed by atoms with Crippen molar-refractivity contribution in [2.45, 2.75) is 53.5 Å². The van der Waals surface area contributed by atoms with Gasteiger partial charge >= 0.3 is 0 Å². The number of ether oxygens (including phenoxy) is 1. The van der Waals surface area contributed by atoms with Gasteiger partial charge in [-0.3, -0.25) is 9.89 Å². The minimum Gasteiger partial charge on any atom is -0.379 e. The Morgan fingerprint density at radius 3 is 2.30 bits per heavy atom. The number of nitrogens with zero attached hydrogens (tertiary/aromatic N) is 3. The Labute approximate surface area is 184 Å². The van der Waals surface area contributed by atoms with E-state index in [1.807, 2.05) is 0 Å². The largest absolute Gasteiger partial charge is 0.379 e. The molecule has 0 amide bonds. The second-order valence-corrected chi connectivity index (χ2v) is 7.34. The number of hydrogen-bond donors (Lipinski definition) is 2. The van der Waals surface area contributed by atoms with Crippen molar-refractivity contribution in [3.63, 3.8) is 0 Å². The Bertz CT molecular complexity index is 371. The van der Waals surface area contributed by atoms with E-state index in [4.69, 9.17) is 9.73 Å². The van der Waals surface area contributed by atoms with E-state index >= 15 is 0 Å². The number of unbranched alkanes of at least 4 members (excludes halogenated alkanes) is 1. The van der Waals surface area contributed by atoms with Gasteiger partial charge in [-0.05, 0) is 45.3 Å². The Hall–Kier alpha value is -0.120. The lowest BCUT2D eigenvalue weighted by atomic mass is 10.0. The molecule has 0 spiro atoms. The number of guanidine groups is 1. The second-order valence-electron chi connectivity index (χ2n) is 7.34. The molecule has 162 valence electrons. The summed E-state index contributed by atoms with van der Waals surface area (Å²) in [6, 6.07) is 0.483. The third-order valence-electron chi connectivity index (χ3n) is 5.15. The van der Waals surface area contributed by atoms with E-state index in [1.54, 1.807) is 0 Å². The maximum absolute atomic E-state index is 5.50. The molecule has 1 atom stereocenters. The van der Waals surface area contributed by atoms with Crippen LogP contribution in [0.5, 0.6) is 0 Å². The molecule has 6 nitrogen and oxygen atoms in total. The number of halogens is 1. The quantitative estimate of drug-likeness (QED) is 0.188. The number of morpholine rings is 1. The summed E-state index contributed by atoms with van der Waals surface area (Å²) in [6.45, 7) is 21.1. The van der Waals surface area contributed by atoms with Crippen LogP contribution < -0.4 is 10.6 Å². The van der Waals surface area contributed by atoms with Crippen molar-refractivity contribution in [3.05, 3.63) is 0 Å². The summed E-state index contributed by atoms with van der Waals surface area (Å²) in [5, 5.41) is 6.89. The molecule has 1 fully saturated rings. The van der Waals surface area contributed by atoms with Crippen LogP contribution in [0.25, 0.3) is 0 Å². The Morgan fingerprint density at radius 1 is 1.07 bits per heavy atom. The molecule has 0 aromatic carbocycles. The van der Waals surface area contributed by atoms with E-state index in [9.17, 15) is 0 Å². The van der Waals surface area contributed by atoms with Crippen molar-refractivity contribution >= 4 is 29.9 Å². The van der Waals surface area contributed by atoms with Crippen molar-refractivity contribution < 1.29 is 4.74 Å². The molecule has 0 radical (unpaired) electrons. The maximum Gasteiger partial charge on any atom is 0.191 e. The highest BCUT2D eigenvalue weighted by molar-refractivity contribution is 14.0. The van der Waals surface area contributed by atoms with Crippen molar-refractivity contribution in [1.82, 2.24) is 20.4 Å². The zero-order valence-electron chi connectivity index (χ0n) is 18.3. The first-order valence-corrected chi connectivity index (χ1v) is 10.7. The average molecular weight is 498 g/mol. The van der Waals surface area contributed by atoms with E-state index < -0.39 is 0 Å². The normalized spacial score (nSPS) is 17.1. The van der Waals surface area contributed by atoms with Gasteiger partial charge in [0.05, 0.1) is 19.8 Å².